The minimum absolute atomic E-state index is 0.206. The molecule has 1 atom stereocenters. The van der Waals surface area contributed by atoms with Crippen LogP contribution in [0.4, 0.5) is 4.79 Å². The van der Waals surface area contributed by atoms with Crippen LogP contribution in [0, 0.1) is 6.92 Å². The summed E-state index contributed by atoms with van der Waals surface area (Å²) in [4.78, 5) is 16.4. The first-order chi connectivity index (χ1) is 10.7. The second kappa shape index (κ2) is 7.22. The third-order valence-corrected chi connectivity index (χ3v) is 4.89. The second-order valence-corrected chi connectivity index (χ2v) is 8.18. The maximum Gasteiger partial charge on any atom is 0.410 e. The first kappa shape index (κ1) is 18.3. The number of aryl methyl sites for hydroxylation is 1. The number of halogens is 1. The van der Waals surface area contributed by atoms with Gasteiger partial charge in [-0.05, 0) is 51.8 Å². The van der Waals surface area contributed by atoms with Gasteiger partial charge in [-0.25, -0.2) is 4.79 Å². The van der Waals surface area contributed by atoms with E-state index in [-0.39, 0.29) is 6.09 Å². The fraction of sp³-hybridized carbons (Fsp3) is 0.611. The van der Waals surface area contributed by atoms with Gasteiger partial charge in [-0.1, -0.05) is 28.1 Å². The van der Waals surface area contributed by atoms with Crippen LogP contribution >= 0.6 is 15.9 Å². The summed E-state index contributed by atoms with van der Waals surface area (Å²) in [5.74, 6) is 0. The Labute approximate surface area is 147 Å². The Morgan fingerprint density at radius 3 is 2.61 bits per heavy atom. The molecule has 23 heavy (non-hydrogen) atoms. The molecule has 1 aromatic rings. The van der Waals surface area contributed by atoms with E-state index in [0.29, 0.717) is 19.1 Å². The Balaban J connectivity index is 1.93. The molecule has 0 aliphatic carbocycles. The molecule has 2 rings (SSSR count). The highest BCUT2D eigenvalue weighted by molar-refractivity contribution is 9.10. The van der Waals surface area contributed by atoms with Gasteiger partial charge in [-0.3, -0.25) is 4.90 Å². The molecule has 1 saturated heterocycles. The van der Waals surface area contributed by atoms with Crippen molar-refractivity contribution < 1.29 is 9.53 Å². The van der Waals surface area contributed by atoms with Gasteiger partial charge in [-0.15, -0.1) is 0 Å². The van der Waals surface area contributed by atoms with E-state index in [2.05, 4.69) is 52.9 Å². The number of hydrogen-bond donors (Lipinski definition) is 0. The molecule has 0 N–H and O–H groups in total. The molecule has 4 nitrogen and oxygen atoms in total. The fourth-order valence-electron chi connectivity index (χ4n) is 2.69. The van der Waals surface area contributed by atoms with Crippen molar-refractivity contribution >= 4 is 22.0 Å². The zero-order valence-electron chi connectivity index (χ0n) is 14.7. The third kappa shape index (κ3) is 5.21. The minimum atomic E-state index is -0.439. The van der Waals surface area contributed by atoms with Crippen molar-refractivity contribution in [1.29, 1.82) is 0 Å². The summed E-state index contributed by atoms with van der Waals surface area (Å²) in [6.07, 6.45) is -0.206. The van der Waals surface area contributed by atoms with Crippen LogP contribution in [0.15, 0.2) is 22.7 Å². The maximum atomic E-state index is 12.2. The molecule has 1 aliphatic heterocycles. The molecule has 1 heterocycles. The Kier molecular flexibility index (Phi) is 5.74. The van der Waals surface area contributed by atoms with Crippen molar-refractivity contribution in [3.8, 4) is 0 Å². The molecule has 128 valence electrons. The van der Waals surface area contributed by atoms with E-state index in [4.69, 9.17) is 4.74 Å². The lowest BCUT2D eigenvalue weighted by Crippen LogP contribution is -2.54. The topological polar surface area (TPSA) is 32.8 Å². The van der Waals surface area contributed by atoms with Crippen LogP contribution in [-0.2, 0) is 11.3 Å². The molecule has 0 spiro atoms. The monoisotopic (exact) mass is 382 g/mol. The van der Waals surface area contributed by atoms with Gasteiger partial charge < -0.3 is 9.64 Å². The Hall–Kier alpha value is -1.07. The van der Waals surface area contributed by atoms with Crippen molar-refractivity contribution in [3.05, 3.63) is 33.8 Å². The molecule has 0 bridgehead atoms. The van der Waals surface area contributed by atoms with Crippen molar-refractivity contribution in [2.45, 2.75) is 52.8 Å². The van der Waals surface area contributed by atoms with Gasteiger partial charge in [0.15, 0.2) is 0 Å². The van der Waals surface area contributed by atoms with Gasteiger partial charge in [0.1, 0.15) is 5.60 Å². The SMILES string of the molecule is Cc1ccc(CN2CCN(C(=O)OC(C)(C)C)C[C@@H]2C)cc1Br. The van der Waals surface area contributed by atoms with E-state index in [0.717, 1.165) is 17.6 Å². The van der Waals surface area contributed by atoms with Crippen LogP contribution in [0.2, 0.25) is 0 Å². The number of rotatable bonds is 2. The van der Waals surface area contributed by atoms with Crippen molar-refractivity contribution in [1.82, 2.24) is 9.80 Å². The fourth-order valence-corrected chi connectivity index (χ4v) is 3.12. The summed E-state index contributed by atoms with van der Waals surface area (Å²) in [5, 5.41) is 0. The highest BCUT2D eigenvalue weighted by Crippen LogP contribution is 2.21. The smallest absolute Gasteiger partial charge is 0.410 e. The van der Waals surface area contributed by atoms with Gasteiger partial charge in [0.05, 0.1) is 0 Å². The zero-order chi connectivity index (χ0) is 17.2. The Morgan fingerprint density at radius 1 is 1.35 bits per heavy atom. The first-order valence-corrected chi connectivity index (χ1v) is 8.92. The van der Waals surface area contributed by atoms with E-state index in [9.17, 15) is 4.79 Å². The van der Waals surface area contributed by atoms with Crippen LogP contribution in [0.25, 0.3) is 0 Å². The van der Waals surface area contributed by atoms with Crippen LogP contribution in [0.5, 0.6) is 0 Å². The molecule has 0 saturated carbocycles. The Bertz CT molecular complexity index is 569. The average Bonchev–Trinajstić information content (AvgIpc) is 2.43. The van der Waals surface area contributed by atoms with E-state index >= 15 is 0 Å². The quantitative estimate of drug-likeness (QED) is 0.768. The van der Waals surface area contributed by atoms with Gasteiger partial charge >= 0.3 is 6.09 Å². The number of hydrogen-bond acceptors (Lipinski definition) is 3. The van der Waals surface area contributed by atoms with Crippen LogP contribution in [0.1, 0.15) is 38.8 Å². The highest BCUT2D eigenvalue weighted by Gasteiger charge is 2.29. The predicted molar refractivity (Wildman–Crippen MR) is 96.6 cm³/mol. The molecular formula is C18H27BrN2O2. The van der Waals surface area contributed by atoms with E-state index in [1.807, 2.05) is 25.7 Å². The number of ether oxygens (including phenoxy) is 1. The zero-order valence-corrected chi connectivity index (χ0v) is 16.3. The second-order valence-electron chi connectivity index (χ2n) is 7.33. The number of benzene rings is 1. The summed E-state index contributed by atoms with van der Waals surface area (Å²) in [6.45, 7) is 13.2. The summed E-state index contributed by atoms with van der Waals surface area (Å²) >= 11 is 3.59. The van der Waals surface area contributed by atoms with Crippen LogP contribution in [-0.4, -0.2) is 47.2 Å². The standard InChI is InChI=1S/C18H27BrN2O2/c1-13-6-7-15(10-16(13)19)12-20-8-9-21(11-14(20)2)17(22)23-18(3,4)5/h6-7,10,14H,8-9,11-12H2,1-5H3/t14-/m0/s1. The van der Waals surface area contributed by atoms with Crippen molar-refractivity contribution in [3.63, 3.8) is 0 Å². The number of piperazine rings is 1. The summed E-state index contributed by atoms with van der Waals surface area (Å²) in [5.41, 5.74) is 2.10. The molecule has 0 unspecified atom stereocenters. The molecule has 1 aromatic carbocycles. The van der Waals surface area contributed by atoms with Gasteiger partial charge in [-0.2, -0.15) is 0 Å². The van der Waals surface area contributed by atoms with Gasteiger partial charge in [0, 0.05) is 36.7 Å². The highest BCUT2D eigenvalue weighted by atomic mass is 79.9. The predicted octanol–water partition coefficient (Wildman–Crippen LogP) is 4.20. The van der Waals surface area contributed by atoms with Crippen LogP contribution in [0.3, 0.4) is 0 Å². The van der Waals surface area contributed by atoms with Crippen LogP contribution < -0.4 is 0 Å². The van der Waals surface area contributed by atoms with Crippen molar-refractivity contribution in [2.24, 2.45) is 0 Å². The number of amides is 1. The summed E-state index contributed by atoms with van der Waals surface area (Å²) in [6, 6.07) is 6.81. The molecule has 0 radical (unpaired) electrons. The molecule has 1 aliphatic rings. The lowest BCUT2D eigenvalue weighted by Gasteiger charge is -2.40. The summed E-state index contributed by atoms with van der Waals surface area (Å²) in [7, 11) is 0. The van der Waals surface area contributed by atoms with Gasteiger partial charge in [0.2, 0.25) is 0 Å². The van der Waals surface area contributed by atoms with E-state index in [1.54, 1.807) is 0 Å². The number of carbonyl (C=O) groups is 1. The minimum Gasteiger partial charge on any atom is -0.444 e. The lowest BCUT2D eigenvalue weighted by atomic mass is 10.1. The molecule has 0 aromatic heterocycles. The normalized spacial score (nSPS) is 19.7. The molecular weight excluding hydrogens is 356 g/mol. The lowest BCUT2D eigenvalue weighted by molar-refractivity contribution is 0.00461. The summed E-state index contributed by atoms with van der Waals surface area (Å²) < 4.78 is 6.62. The van der Waals surface area contributed by atoms with Crippen molar-refractivity contribution in [2.75, 3.05) is 19.6 Å². The van der Waals surface area contributed by atoms with E-state index < -0.39 is 5.60 Å². The first-order valence-electron chi connectivity index (χ1n) is 8.13. The number of carbonyl (C=O) groups excluding carboxylic acids is 1. The number of nitrogens with zero attached hydrogens (tertiary/aromatic N) is 2. The largest absolute Gasteiger partial charge is 0.444 e. The third-order valence-electron chi connectivity index (χ3n) is 4.04. The molecule has 1 fully saturated rings. The maximum absolute atomic E-state index is 12.2. The molecule has 1 amide bonds. The van der Waals surface area contributed by atoms with Gasteiger partial charge in [0.25, 0.3) is 0 Å². The van der Waals surface area contributed by atoms with E-state index in [1.165, 1.54) is 11.1 Å². The Morgan fingerprint density at radius 2 is 2.04 bits per heavy atom. The molecule has 5 heteroatoms. The average molecular weight is 383 g/mol.